The first-order chi connectivity index (χ1) is 31.5. The molecule has 0 bridgehead atoms. The SMILES string of the molecule is C.COc1cc(O)cc(OC)c1.COc1cc(OC)cc(OCC(O)(c2ccc3c(cnn3-c3ccccc3)c2)C(F)(F)F)c1.FC(F)(F)C1(c2ccc3c(cnn3-c3ccccc3)c2)CO1. The van der Waals surface area contributed by atoms with E-state index in [1.165, 1.54) is 89.2 Å². The number of aromatic hydroxyl groups is 1. The highest BCUT2D eigenvalue weighted by Gasteiger charge is 2.67. The molecule has 18 heteroatoms. The van der Waals surface area contributed by atoms with Gasteiger partial charge in [-0.25, -0.2) is 9.36 Å². The van der Waals surface area contributed by atoms with Crippen molar-refractivity contribution in [2.24, 2.45) is 0 Å². The van der Waals surface area contributed by atoms with Crippen molar-refractivity contribution in [3.05, 3.63) is 157 Å². The molecule has 3 heterocycles. The highest BCUT2D eigenvalue weighted by Crippen LogP contribution is 2.52. The fourth-order valence-corrected chi connectivity index (χ4v) is 6.86. The molecule has 0 radical (unpaired) electrons. The molecule has 0 saturated carbocycles. The zero-order chi connectivity index (χ0) is 47.3. The van der Waals surface area contributed by atoms with Crippen molar-refractivity contribution in [2.45, 2.75) is 31.0 Å². The Hall–Kier alpha value is -7.44. The molecule has 1 fully saturated rings. The van der Waals surface area contributed by atoms with Crippen molar-refractivity contribution in [2.75, 3.05) is 41.7 Å². The molecule has 2 unspecified atom stereocenters. The van der Waals surface area contributed by atoms with E-state index in [1.54, 1.807) is 33.8 Å². The lowest BCUT2D eigenvalue weighted by Gasteiger charge is -2.31. The average Bonchev–Trinajstić information content (AvgIpc) is 3.89. The van der Waals surface area contributed by atoms with Crippen LogP contribution in [0.4, 0.5) is 26.3 Å². The summed E-state index contributed by atoms with van der Waals surface area (Å²) in [6.07, 6.45) is -6.39. The van der Waals surface area contributed by atoms with Crippen LogP contribution in [0.3, 0.4) is 0 Å². The van der Waals surface area contributed by atoms with Gasteiger partial charge in [-0.1, -0.05) is 56.0 Å². The predicted octanol–water partition coefficient (Wildman–Crippen LogP) is 10.7. The summed E-state index contributed by atoms with van der Waals surface area (Å²) in [5, 5.41) is 29.5. The van der Waals surface area contributed by atoms with Crippen LogP contribution in [0.5, 0.6) is 34.5 Å². The van der Waals surface area contributed by atoms with E-state index in [-0.39, 0.29) is 36.7 Å². The zero-order valence-electron chi connectivity index (χ0n) is 35.7. The normalized spacial score (nSPS) is 15.1. The first kappa shape index (κ1) is 49.0. The number of epoxide rings is 1. The first-order valence-electron chi connectivity index (χ1n) is 19.9. The summed E-state index contributed by atoms with van der Waals surface area (Å²) in [5.74, 6) is 2.06. The minimum atomic E-state index is -5.00. The minimum absolute atomic E-state index is 0. The van der Waals surface area contributed by atoms with Crippen molar-refractivity contribution in [1.82, 2.24) is 19.6 Å². The van der Waals surface area contributed by atoms with E-state index in [9.17, 15) is 31.4 Å². The summed E-state index contributed by atoms with van der Waals surface area (Å²) < 4.78 is 115. The van der Waals surface area contributed by atoms with E-state index in [4.69, 9.17) is 33.5 Å². The van der Waals surface area contributed by atoms with Crippen LogP contribution in [0, 0.1) is 0 Å². The molecule has 352 valence electrons. The Morgan fingerprint density at radius 3 is 1.46 bits per heavy atom. The molecule has 67 heavy (non-hydrogen) atoms. The molecule has 0 aliphatic carbocycles. The van der Waals surface area contributed by atoms with Gasteiger partial charge in [0.2, 0.25) is 11.2 Å². The van der Waals surface area contributed by atoms with Gasteiger partial charge in [-0.3, -0.25) is 0 Å². The molecule has 6 aromatic carbocycles. The highest BCUT2D eigenvalue weighted by molar-refractivity contribution is 5.82. The smallest absolute Gasteiger partial charge is 0.424 e. The van der Waals surface area contributed by atoms with E-state index in [0.717, 1.165) is 16.9 Å². The number of nitrogens with zero attached hydrogens (tertiary/aromatic N) is 4. The third-order valence-electron chi connectivity index (χ3n) is 10.6. The molecule has 2 atom stereocenters. The summed E-state index contributed by atoms with van der Waals surface area (Å²) in [5.41, 5.74) is -2.64. The van der Waals surface area contributed by atoms with Gasteiger partial charge in [-0.15, -0.1) is 0 Å². The molecule has 1 aliphatic rings. The Labute approximate surface area is 381 Å². The van der Waals surface area contributed by atoms with Crippen molar-refractivity contribution < 1.29 is 65.0 Å². The molecular formula is C49H46F6N4O8. The molecule has 0 amide bonds. The van der Waals surface area contributed by atoms with Gasteiger partial charge in [0.05, 0.1) is 69.8 Å². The predicted molar refractivity (Wildman–Crippen MR) is 239 cm³/mol. The number of rotatable bonds is 11. The molecule has 9 rings (SSSR count). The largest absolute Gasteiger partial charge is 0.508 e. The number of hydrogen-bond donors (Lipinski definition) is 2. The highest BCUT2D eigenvalue weighted by atomic mass is 19.4. The number of aromatic nitrogens is 4. The van der Waals surface area contributed by atoms with Gasteiger partial charge in [0.15, 0.2) is 0 Å². The van der Waals surface area contributed by atoms with Crippen molar-refractivity contribution in [3.63, 3.8) is 0 Å². The molecule has 2 aromatic heterocycles. The van der Waals surface area contributed by atoms with Gasteiger partial charge in [-0.05, 0) is 59.7 Å². The number of alkyl halides is 6. The molecule has 12 nitrogen and oxygen atoms in total. The van der Waals surface area contributed by atoms with Gasteiger partial charge in [0, 0.05) is 47.2 Å². The van der Waals surface area contributed by atoms with E-state index in [1.807, 2.05) is 60.7 Å². The fraction of sp³-hybridized carbons (Fsp3) is 0.224. The van der Waals surface area contributed by atoms with Gasteiger partial charge in [0.25, 0.3) is 0 Å². The average molecular weight is 933 g/mol. The third kappa shape index (κ3) is 10.5. The number of aliphatic hydroxyl groups is 1. The number of fused-ring (bicyclic) bond motifs is 2. The number of phenolic OH excluding ortho intramolecular Hbond substituents is 1. The topological polar surface area (TPSA) is 135 Å². The van der Waals surface area contributed by atoms with Crippen LogP contribution in [-0.4, -0.2) is 83.8 Å². The Kier molecular flexibility index (Phi) is 14.6. The number of halogens is 6. The lowest BCUT2D eigenvalue weighted by atomic mass is 9.93. The number of hydrogen-bond acceptors (Lipinski definition) is 10. The van der Waals surface area contributed by atoms with E-state index < -0.39 is 30.2 Å². The van der Waals surface area contributed by atoms with Crippen LogP contribution in [0.1, 0.15) is 18.6 Å². The second-order valence-electron chi connectivity index (χ2n) is 14.7. The number of para-hydroxylation sites is 2. The summed E-state index contributed by atoms with van der Waals surface area (Å²) in [6, 6.07) is 36.4. The maximum atomic E-state index is 14.1. The molecule has 8 aromatic rings. The van der Waals surface area contributed by atoms with Crippen LogP contribution in [0.15, 0.2) is 146 Å². The molecule has 1 aliphatic heterocycles. The van der Waals surface area contributed by atoms with Crippen molar-refractivity contribution >= 4 is 21.8 Å². The van der Waals surface area contributed by atoms with Crippen LogP contribution in [-0.2, 0) is 15.9 Å². The maximum absolute atomic E-state index is 14.1. The standard InChI is InChI=1S/C24H21F3N2O4.C16H11F3N2O.C8H10O3.CH4/c1-31-19-11-20(32-2)13-21(12-19)33-15-23(30,24(25,26)27)17-8-9-22-16(10-17)14-28-29(22)18-6-4-3-5-7-18;17-16(18,19)15(10-22-15)12-6-7-14-11(8-12)9-20-21(14)13-4-2-1-3-5-13;1-10-7-3-6(9)4-8(5-7)11-2;/h3-14,30H,15H2,1-2H3;1-9H,10H2;3-5,9H,1-2H3;1H4. The Balaban J connectivity index is 0.000000186. The maximum Gasteiger partial charge on any atom is 0.424 e. The zero-order valence-corrected chi connectivity index (χ0v) is 35.7. The summed E-state index contributed by atoms with van der Waals surface area (Å²) >= 11 is 0. The second-order valence-corrected chi connectivity index (χ2v) is 14.7. The molecular weight excluding hydrogens is 887 g/mol. The van der Waals surface area contributed by atoms with Gasteiger partial charge in [-0.2, -0.15) is 36.5 Å². The number of ether oxygens (including phenoxy) is 6. The van der Waals surface area contributed by atoms with Crippen LogP contribution in [0.25, 0.3) is 33.2 Å². The quantitative estimate of drug-likeness (QED) is 0.0953. The van der Waals surface area contributed by atoms with Gasteiger partial charge in [0.1, 0.15) is 41.1 Å². The van der Waals surface area contributed by atoms with E-state index >= 15 is 0 Å². The molecule has 2 N–H and O–H groups in total. The lowest BCUT2D eigenvalue weighted by Crippen LogP contribution is -2.47. The minimum Gasteiger partial charge on any atom is -0.508 e. The summed E-state index contributed by atoms with van der Waals surface area (Å²) in [7, 11) is 5.90. The van der Waals surface area contributed by atoms with Gasteiger partial charge >= 0.3 is 12.4 Å². The van der Waals surface area contributed by atoms with Crippen LogP contribution in [0.2, 0.25) is 0 Å². The number of benzene rings is 6. The van der Waals surface area contributed by atoms with E-state index in [0.29, 0.717) is 39.3 Å². The monoisotopic (exact) mass is 932 g/mol. The number of phenols is 1. The van der Waals surface area contributed by atoms with E-state index in [2.05, 4.69) is 10.2 Å². The Morgan fingerprint density at radius 2 is 1.03 bits per heavy atom. The Bertz CT molecular complexity index is 2860. The number of methoxy groups -OCH3 is 4. The fourth-order valence-electron chi connectivity index (χ4n) is 6.86. The van der Waals surface area contributed by atoms with Gasteiger partial charge < -0.3 is 38.6 Å². The summed E-state index contributed by atoms with van der Waals surface area (Å²) in [6.45, 7) is -1.39. The third-order valence-corrected chi connectivity index (χ3v) is 10.6. The second kappa shape index (κ2) is 20.0. The summed E-state index contributed by atoms with van der Waals surface area (Å²) in [4.78, 5) is 0. The molecule has 1 saturated heterocycles. The van der Waals surface area contributed by atoms with Crippen LogP contribution >= 0.6 is 0 Å². The molecule has 0 spiro atoms. The first-order valence-corrected chi connectivity index (χ1v) is 19.9. The Morgan fingerprint density at radius 1 is 0.597 bits per heavy atom. The lowest BCUT2D eigenvalue weighted by molar-refractivity contribution is -0.275. The van der Waals surface area contributed by atoms with Crippen molar-refractivity contribution in [3.8, 4) is 45.9 Å². The van der Waals surface area contributed by atoms with Crippen molar-refractivity contribution in [1.29, 1.82) is 0 Å². The van der Waals surface area contributed by atoms with Crippen LogP contribution < -0.4 is 23.7 Å².